The van der Waals surface area contributed by atoms with E-state index < -0.39 is 16.9 Å². The van der Waals surface area contributed by atoms with Gasteiger partial charge in [-0.05, 0) is 6.07 Å². The standard InChI is InChI=1S/C12H14N2O6S/c1-20-11-3-2-9(14(18)19)4-8(11)5-21-6-10(12(16)17)13-7-15/h2-4,7,10H,5-6H2,1H3,(H,13,15)(H,16,17). The highest BCUT2D eigenvalue weighted by molar-refractivity contribution is 7.98. The van der Waals surface area contributed by atoms with Crippen LogP contribution in [0.2, 0.25) is 0 Å². The Morgan fingerprint density at radius 1 is 1.62 bits per heavy atom. The Morgan fingerprint density at radius 3 is 2.86 bits per heavy atom. The number of nitro benzene ring substituents is 1. The first-order valence-electron chi connectivity index (χ1n) is 5.81. The van der Waals surface area contributed by atoms with Crippen molar-refractivity contribution in [3.63, 3.8) is 0 Å². The fourth-order valence-electron chi connectivity index (χ4n) is 1.55. The summed E-state index contributed by atoms with van der Waals surface area (Å²) in [6, 6.07) is 3.21. The molecular weight excluding hydrogens is 300 g/mol. The van der Waals surface area contributed by atoms with E-state index >= 15 is 0 Å². The van der Waals surface area contributed by atoms with E-state index in [9.17, 15) is 19.7 Å². The van der Waals surface area contributed by atoms with Gasteiger partial charge in [-0.15, -0.1) is 0 Å². The smallest absolute Gasteiger partial charge is 0.327 e. The number of carboxylic acid groups (broad SMARTS) is 1. The average Bonchev–Trinajstić information content (AvgIpc) is 2.45. The van der Waals surface area contributed by atoms with Crippen molar-refractivity contribution < 1.29 is 24.4 Å². The first kappa shape index (κ1) is 16.8. The van der Waals surface area contributed by atoms with E-state index in [0.29, 0.717) is 23.5 Å². The van der Waals surface area contributed by atoms with Crippen molar-refractivity contribution in [2.24, 2.45) is 0 Å². The number of carbonyl (C=O) groups excluding carboxylic acids is 1. The molecule has 1 aromatic carbocycles. The maximum atomic E-state index is 10.8. The Hall–Kier alpha value is -2.29. The maximum absolute atomic E-state index is 10.8. The van der Waals surface area contributed by atoms with Gasteiger partial charge < -0.3 is 15.2 Å². The lowest BCUT2D eigenvalue weighted by atomic mass is 10.2. The van der Waals surface area contributed by atoms with E-state index in [1.807, 2.05) is 0 Å². The van der Waals surface area contributed by atoms with Gasteiger partial charge in [0.05, 0.1) is 12.0 Å². The third-order valence-electron chi connectivity index (χ3n) is 2.58. The molecule has 1 aromatic rings. The van der Waals surface area contributed by atoms with Gasteiger partial charge in [0.1, 0.15) is 11.8 Å². The third kappa shape index (κ3) is 4.95. The number of benzene rings is 1. The first-order chi connectivity index (χ1) is 9.99. The van der Waals surface area contributed by atoms with Crippen LogP contribution in [0.5, 0.6) is 5.75 Å². The number of nitrogens with one attached hydrogen (secondary N) is 1. The second kappa shape index (κ2) is 8.10. The summed E-state index contributed by atoms with van der Waals surface area (Å²) in [5.41, 5.74) is 0.527. The van der Waals surface area contributed by atoms with E-state index in [1.54, 1.807) is 0 Å². The SMILES string of the molecule is COc1ccc([N+](=O)[O-])cc1CSCC(NC=O)C(=O)O. The topological polar surface area (TPSA) is 119 Å². The normalized spacial score (nSPS) is 11.5. The van der Waals surface area contributed by atoms with Gasteiger partial charge in [0.2, 0.25) is 6.41 Å². The molecule has 2 N–H and O–H groups in total. The van der Waals surface area contributed by atoms with Gasteiger partial charge in [-0.25, -0.2) is 4.79 Å². The van der Waals surface area contributed by atoms with Crippen molar-refractivity contribution in [3.8, 4) is 5.75 Å². The fraction of sp³-hybridized carbons (Fsp3) is 0.333. The third-order valence-corrected chi connectivity index (χ3v) is 3.67. The number of thioether (sulfide) groups is 1. The van der Waals surface area contributed by atoms with Crippen LogP contribution < -0.4 is 10.1 Å². The molecule has 1 rings (SSSR count). The molecule has 0 heterocycles. The molecule has 0 saturated heterocycles. The Balaban J connectivity index is 2.73. The average molecular weight is 314 g/mol. The minimum Gasteiger partial charge on any atom is -0.496 e. The largest absolute Gasteiger partial charge is 0.496 e. The summed E-state index contributed by atoms with van der Waals surface area (Å²) in [5.74, 6) is -0.182. The molecule has 1 amide bonds. The van der Waals surface area contributed by atoms with Crippen LogP contribution in [-0.4, -0.2) is 41.3 Å². The van der Waals surface area contributed by atoms with Crippen molar-refractivity contribution in [1.29, 1.82) is 0 Å². The molecule has 0 aliphatic heterocycles. The molecule has 0 saturated carbocycles. The number of carbonyl (C=O) groups is 2. The van der Waals surface area contributed by atoms with Crippen LogP contribution in [0.1, 0.15) is 5.56 Å². The number of carboxylic acids is 1. The quantitative estimate of drug-likeness (QED) is 0.397. The fourth-order valence-corrected chi connectivity index (χ4v) is 2.59. The van der Waals surface area contributed by atoms with Gasteiger partial charge >= 0.3 is 5.97 Å². The van der Waals surface area contributed by atoms with Crippen LogP contribution in [0.15, 0.2) is 18.2 Å². The first-order valence-corrected chi connectivity index (χ1v) is 6.96. The van der Waals surface area contributed by atoms with Crippen LogP contribution >= 0.6 is 11.8 Å². The van der Waals surface area contributed by atoms with E-state index in [2.05, 4.69) is 5.32 Å². The van der Waals surface area contributed by atoms with Crippen molar-refractivity contribution >= 4 is 29.8 Å². The molecule has 21 heavy (non-hydrogen) atoms. The van der Waals surface area contributed by atoms with Gasteiger partial charge in [-0.2, -0.15) is 11.8 Å². The number of amides is 1. The van der Waals surface area contributed by atoms with Gasteiger partial charge in [-0.3, -0.25) is 14.9 Å². The number of nitrogens with zero attached hydrogens (tertiary/aromatic N) is 1. The van der Waals surface area contributed by atoms with Crippen LogP contribution in [0.4, 0.5) is 5.69 Å². The molecule has 1 unspecified atom stereocenters. The predicted molar refractivity (Wildman–Crippen MR) is 76.4 cm³/mol. The summed E-state index contributed by atoms with van der Waals surface area (Å²) in [7, 11) is 1.45. The van der Waals surface area contributed by atoms with Crippen LogP contribution in [-0.2, 0) is 15.3 Å². The van der Waals surface area contributed by atoms with Gasteiger partial charge in [-0.1, -0.05) is 0 Å². The van der Waals surface area contributed by atoms with E-state index in [4.69, 9.17) is 9.84 Å². The second-order valence-electron chi connectivity index (χ2n) is 3.94. The Labute approximate surface area is 124 Å². The minimum atomic E-state index is -1.14. The number of nitro groups is 1. The lowest BCUT2D eigenvalue weighted by Gasteiger charge is -2.12. The van der Waals surface area contributed by atoms with Crippen molar-refractivity contribution in [2.45, 2.75) is 11.8 Å². The molecule has 0 radical (unpaired) electrons. The Bertz CT molecular complexity index is 536. The van der Waals surface area contributed by atoms with Crippen molar-refractivity contribution in [1.82, 2.24) is 5.32 Å². The number of aliphatic carboxylic acids is 1. The zero-order chi connectivity index (χ0) is 15.8. The summed E-state index contributed by atoms with van der Waals surface area (Å²) in [4.78, 5) is 31.4. The highest BCUT2D eigenvalue weighted by Crippen LogP contribution is 2.27. The van der Waals surface area contributed by atoms with Crippen molar-refractivity contribution in [2.75, 3.05) is 12.9 Å². The van der Waals surface area contributed by atoms with E-state index in [0.717, 1.165) is 0 Å². The zero-order valence-corrected chi connectivity index (χ0v) is 12.0. The molecular formula is C12H14N2O6S. The molecule has 114 valence electrons. The number of ether oxygens (including phenoxy) is 1. The molecule has 0 aromatic heterocycles. The molecule has 0 aliphatic carbocycles. The Kier molecular flexibility index (Phi) is 6.47. The summed E-state index contributed by atoms with van der Waals surface area (Å²) in [5, 5.41) is 21.8. The van der Waals surface area contributed by atoms with E-state index in [-0.39, 0.29) is 11.4 Å². The molecule has 0 fully saturated rings. The summed E-state index contributed by atoms with van der Waals surface area (Å²) < 4.78 is 5.11. The number of non-ortho nitro benzene ring substituents is 1. The second-order valence-corrected chi connectivity index (χ2v) is 4.97. The summed E-state index contributed by atoms with van der Waals surface area (Å²) in [6.07, 6.45) is 0.327. The summed E-state index contributed by atoms with van der Waals surface area (Å²) >= 11 is 1.23. The number of hydrogen-bond donors (Lipinski definition) is 2. The van der Waals surface area contributed by atoms with Crippen LogP contribution in [0, 0.1) is 10.1 Å². The van der Waals surface area contributed by atoms with Gasteiger partial charge in [0.15, 0.2) is 0 Å². The summed E-state index contributed by atoms with van der Waals surface area (Å²) in [6.45, 7) is 0. The molecule has 0 bridgehead atoms. The van der Waals surface area contributed by atoms with Gasteiger partial charge in [0, 0.05) is 29.2 Å². The van der Waals surface area contributed by atoms with E-state index in [1.165, 1.54) is 37.1 Å². The molecule has 9 heteroatoms. The molecule has 0 aliphatic rings. The maximum Gasteiger partial charge on any atom is 0.327 e. The Morgan fingerprint density at radius 2 is 2.33 bits per heavy atom. The minimum absolute atomic E-state index is 0.0628. The lowest BCUT2D eigenvalue weighted by molar-refractivity contribution is -0.384. The number of hydrogen-bond acceptors (Lipinski definition) is 6. The van der Waals surface area contributed by atoms with Crippen LogP contribution in [0.25, 0.3) is 0 Å². The zero-order valence-electron chi connectivity index (χ0n) is 11.1. The number of rotatable bonds is 9. The van der Waals surface area contributed by atoms with Crippen molar-refractivity contribution in [3.05, 3.63) is 33.9 Å². The van der Waals surface area contributed by atoms with Crippen LogP contribution in [0.3, 0.4) is 0 Å². The van der Waals surface area contributed by atoms with Gasteiger partial charge in [0.25, 0.3) is 5.69 Å². The highest BCUT2D eigenvalue weighted by Gasteiger charge is 2.17. The highest BCUT2D eigenvalue weighted by atomic mass is 32.2. The molecule has 1 atom stereocenters. The number of methoxy groups -OCH3 is 1. The monoisotopic (exact) mass is 314 g/mol. The predicted octanol–water partition coefficient (Wildman–Crippen LogP) is 1.04. The molecule has 8 nitrogen and oxygen atoms in total. The molecule has 0 spiro atoms. The lowest BCUT2D eigenvalue weighted by Crippen LogP contribution is -2.37.